The summed E-state index contributed by atoms with van der Waals surface area (Å²) in [6.07, 6.45) is 0.456. The number of esters is 2. The number of carbonyl (C=O) groups excluding carboxylic acids is 3. The van der Waals surface area contributed by atoms with Gasteiger partial charge in [-0.1, -0.05) is 13.8 Å². The van der Waals surface area contributed by atoms with Gasteiger partial charge in [0.25, 0.3) is 0 Å². The summed E-state index contributed by atoms with van der Waals surface area (Å²) in [4.78, 5) is 35.4. The normalized spacial score (nSPS) is 10.9. The van der Waals surface area contributed by atoms with Gasteiger partial charge in [0.1, 0.15) is 16.9 Å². The number of aryl methyl sites for hydroxylation is 1. The first-order valence-electron chi connectivity index (χ1n) is 7.41. The van der Waals surface area contributed by atoms with Crippen LogP contribution in [0.15, 0.2) is 15.0 Å². The highest BCUT2D eigenvalue weighted by Crippen LogP contribution is 2.40. The van der Waals surface area contributed by atoms with E-state index in [-0.39, 0.29) is 29.6 Å². The van der Waals surface area contributed by atoms with Crippen LogP contribution in [-0.4, -0.2) is 24.8 Å². The van der Waals surface area contributed by atoms with Gasteiger partial charge in [-0.2, -0.15) is 0 Å². The number of hydrogen-bond acceptors (Lipinski definition) is 6. The Morgan fingerprint density at radius 2 is 2.04 bits per heavy atom. The van der Waals surface area contributed by atoms with E-state index in [1.54, 1.807) is 33.8 Å². The average Bonchev–Trinajstić information content (AvgIpc) is 2.92. The lowest BCUT2D eigenvalue weighted by molar-refractivity contribution is -0.137. The molecule has 6 nitrogen and oxygen atoms in total. The third-order valence-corrected chi connectivity index (χ3v) is 4.13. The van der Waals surface area contributed by atoms with E-state index in [2.05, 4.69) is 15.9 Å². The van der Waals surface area contributed by atoms with Crippen molar-refractivity contribution in [3.63, 3.8) is 0 Å². The highest BCUT2D eigenvalue weighted by molar-refractivity contribution is 9.10. The largest absolute Gasteiger partial charge is 0.462 e. The summed E-state index contributed by atoms with van der Waals surface area (Å²) < 4.78 is 16.2. The Balaban J connectivity index is 2.72. The van der Waals surface area contributed by atoms with E-state index in [9.17, 15) is 14.4 Å². The van der Waals surface area contributed by atoms with Crippen molar-refractivity contribution in [2.45, 2.75) is 27.7 Å². The van der Waals surface area contributed by atoms with E-state index in [1.165, 1.54) is 0 Å². The highest BCUT2D eigenvalue weighted by atomic mass is 79.9. The third kappa shape index (κ3) is 3.21. The zero-order valence-electron chi connectivity index (χ0n) is 13.8. The van der Waals surface area contributed by atoms with Crippen LogP contribution in [0.3, 0.4) is 0 Å². The Bertz CT molecular complexity index is 818. The van der Waals surface area contributed by atoms with Gasteiger partial charge in [-0.05, 0) is 41.4 Å². The molecular weight excluding hydrogens is 380 g/mol. The molecule has 128 valence electrons. The number of rotatable bonds is 5. The molecular formula is C17H17BrO6. The molecule has 0 unspecified atom stereocenters. The molecule has 1 heterocycles. The molecule has 0 aliphatic rings. The minimum Gasteiger partial charge on any atom is -0.462 e. The lowest BCUT2D eigenvalue weighted by Crippen LogP contribution is -2.15. The molecule has 0 saturated heterocycles. The predicted octanol–water partition coefficient (Wildman–Crippen LogP) is 4.05. The summed E-state index contributed by atoms with van der Waals surface area (Å²) in [5.74, 6) is -1.27. The Labute approximate surface area is 147 Å². The highest BCUT2D eigenvalue weighted by Gasteiger charge is 2.27. The summed E-state index contributed by atoms with van der Waals surface area (Å²) in [6, 6.07) is 1.61. The third-order valence-electron chi connectivity index (χ3n) is 3.35. The lowest BCUT2D eigenvalue weighted by atomic mass is 10.1. The Hall–Kier alpha value is -2.15. The molecule has 7 heteroatoms. The topological polar surface area (TPSA) is 82.8 Å². The van der Waals surface area contributed by atoms with Gasteiger partial charge in [-0.25, -0.2) is 4.79 Å². The van der Waals surface area contributed by atoms with Crippen molar-refractivity contribution in [1.29, 1.82) is 0 Å². The lowest BCUT2D eigenvalue weighted by Gasteiger charge is -2.11. The van der Waals surface area contributed by atoms with Crippen LogP contribution in [0.4, 0.5) is 0 Å². The molecule has 0 spiro atoms. The molecule has 0 radical (unpaired) electrons. The fourth-order valence-corrected chi connectivity index (χ4v) is 2.75. The van der Waals surface area contributed by atoms with Gasteiger partial charge >= 0.3 is 11.9 Å². The van der Waals surface area contributed by atoms with Gasteiger partial charge in [-0.3, -0.25) is 9.59 Å². The predicted molar refractivity (Wildman–Crippen MR) is 90.5 cm³/mol. The van der Waals surface area contributed by atoms with Crippen LogP contribution >= 0.6 is 15.9 Å². The number of fused-ring (bicyclic) bond motifs is 1. The first-order chi connectivity index (χ1) is 11.3. The molecule has 2 aromatic rings. The second kappa shape index (κ2) is 7.17. The van der Waals surface area contributed by atoms with Crippen molar-refractivity contribution < 1.29 is 28.3 Å². The van der Waals surface area contributed by atoms with E-state index in [1.807, 2.05) is 0 Å². The molecule has 24 heavy (non-hydrogen) atoms. The van der Waals surface area contributed by atoms with Crippen molar-refractivity contribution in [3.05, 3.63) is 27.4 Å². The van der Waals surface area contributed by atoms with Gasteiger partial charge in [0.15, 0.2) is 12.0 Å². The SMILES string of the molecule is CCOC(=O)c1c(C=O)oc2c(C)cc(OC(=O)C(C)C)c(Br)c12. The van der Waals surface area contributed by atoms with Gasteiger partial charge in [0.05, 0.1) is 22.4 Å². The van der Waals surface area contributed by atoms with E-state index in [0.29, 0.717) is 27.3 Å². The number of furan rings is 1. The molecule has 0 aliphatic carbocycles. The van der Waals surface area contributed by atoms with E-state index < -0.39 is 11.9 Å². The average molecular weight is 397 g/mol. The maximum Gasteiger partial charge on any atom is 0.342 e. The van der Waals surface area contributed by atoms with Crippen molar-refractivity contribution >= 4 is 45.1 Å². The van der Waals surface area contributed by atoms with Crippen molar-refractivity contribution in [2.24, 2.45) is 5.92 Å². The van der Waals surface area contributed by atoms with Crippen LogP contribution in [0, 0.1) is 12.8 Å². The smallest absolute Gasteiger partial charge is 0.342 e. The van der Waals surface area contributed by atoms with E-state index in [4.69, 9.17) is 13.9 Å². The number of benzene rings is 1. The molecule has 0 atom stereocenters. The minimum absolute atomic E-state index is 0.0132. The summed E-state index contributed by atoms with van der Waals surface area (Å²) in [5, 5.41) is 0.349. The zero-order valence-corrected chi connectivity index (χ0v) is 15.4. The van der Waals surface area contributed by atoms with Gasteiger partial charge < -0.3 is 13.9 Å². The Morgan fingerprint density at radius 1 is 1.38 bits per heavy atom. The van der Waals surface area contributed by atoms with Gasteiger partial charge in [-0.15, -0.1) is 0 Å². The van der Waals surface area contributed by atoms with Crippen molar-refractivity contribution in [1.82, 2.24) is 0 Å². The molecule has 0 aliphatic heterocycles. The maximum atomic E-state index is 12.2. The first-order valence-corrected chi connectivity index (χ1v) is 8.20. The summed E-state index contributed by atoms with van der Waals surface area (Å²) in [6.45, 7) is 6.98. The molecule has 0 N–H and O–H groups in total. The van der Waals surface area contributed by atoms with Gasteiger partial charge in [0.2, 0.25) is 0 Å². The van der Waals surface area contributed by atoms with Crippen LogP contribution in [0.5, 0.6) is 5.75 Å². The molecule has 0 bridgehead atoms. The monoisotopic (exact) mass is 396 g/mol. The summed E-state index contributed by atoms with van der Waals surface area (Å²) >= 11 is 3.35. The van der Waals surface area contributed by atoms with E-state index >= 15 is 0 Å². The van der Waals surface area contributed by atoms with E-state index in [0.717, 1.165) is 0 Å². The fourth-order valence-electron chi connectivity index (χ4n) is 2.17. The second-order valence-electron chi connectivity index (χ2n) is 5.47. The van der Waals surface area contributed by atoms with Gasteiger partial charge in [0, 0.05) is 0 Å². The molecule has 1 aromatic carbocycles. The standard InChI is InChI=1S/C17H17BrO6/c1-5-22-17(21)12-11(7-19)23-15-9(4)6-10(14(18)13(12)15)24-16(20)8(2)3/h6-8H,5H2,1-4H3. The van der Waals surface area contributed by atoms with Crippen LogP contribution in [0.1, 0.15) is 47.2 Å². The number of carbonyl (C=O) groups is 3. The van der Waals surface area contributed by atoms with Crippen LogP contribution in [0.2, 0.25) is 0 Å². The van der Waals surface area contributed by atoms with Crippen LogP contribution < -0.4 is 4.74 Å². The van der Waals surface area contributed by atoms with Crippen LogP contribution in [-0.2, 0) is 9.53 Å². The summed E-state index contributed by atoms with van der Waals surface area (Å²) in [5.41, 5.74) is 0.994. The minimum atomic E-state index is -0.675. The zero-order chi connectivity index (χ0) is 18.0. The fraction of sp³-hybridized carbons (Fsp3) is 0.353. The molecule has 1 aromatic heterocycles. The molecule has 2 rings (SSSR count). The molecule has 0 saturated carbocycles. The van der Waals surface area contributed by atoms with Crippen molar-refractivity contribution in [2.75, 3.05) is 6.61 Å². The Kier molecular flexibility index (Phi) is 5.43. The molecule has 0 fully saturated rings. The Morgan fingerprint density at radius 3 is 2.58 bits per heavy atom. The summed E-state index contributed by atoms with van der Waals surface area (Å²) in [7, 11) is 0. The second-order valence-corrected chi connectivity index (χ2v) is 6.26. The number of ether oxygens (including phenoxy) is 2. The molecule has 0 amide bonds. The quantitative estimate of drug-likeness (QED) is 0.430. The number of halogens is 1. The number of hydrogen-bond donors (Lipinski definition) is 0. The number of aldehydes is 1. The first kappa shape index (κ1) is 18.2. The van der Waals surface area contributed by atoms with Crippen molar-refractivity contribution in [3.8, 4) is 5.75 Å². The maximum absolute atomic E-state index is 12.2. The van der Waals surface area contributed by atoms with Crippen LogP contribution in [0.25, 0.3) is 11.0 Å².